The minimum atomic E-state index is -0.0261. The highest BCUT2D eigenvalue weighted by molar-refractivity contribution is 5.92. The standard InChI is InChI=1S/C16H22N4O2/c1-12-10-14(12)16(22)20-8-6-19(7-9-20)11-15(21)18-13-2-4-17-5-3-13/h2-5,12,14H,6-11H2,1H3,(H,17,18,21). The third-order valence-corrected chi connectivity index (χ3v) is 4.44. The number of anilines is 1. The van der Waals surface area contributed by atoms with Crippen LogP contribution in [0.3, 0.4) is 0 Å². The van der Waals surface area contributed by atoms with E-state index in [1.807, 2.05) is 4.90 Å². The number of aromatic nitrogens is 1. The molecule has 2 atom stereocenters. The molecule has 118 valence electrons. The molecule has 1 saturated carbocycles. The lowest BCUT2D eigenvalue weighted by atomic mass is 10.2. The van der Waals surface area contributed by atoms with Crippen molar-refractivity contribution in [3.05, 3.63) is 24.5 Å². The highest BCUT2D eigenvalue weighted by Crippen LogP contribution is 2.39. The van der Waals surface area contributed by atoms with Crippen LogP contribution in [0.15, 0.2) is 24.5 Å². The fourth-order valence-electron chi connectivity index (χ4n) is 2.87. The van der Waals surface area contributed by atoms with E-state index >= 15 is 0 Å². The summed E-state index contributed by atoms with van der Waals surface area (Å²) in [4.78, 5) is 32.1. The molecule has 0 radical (unpaired) electrons. The second-order valence-electron chi connectivity index (χ2n) is 6.20. The second kappa shape index (κ2) is 6.44. The van der Waals surface area contributed by atoms with Gasteiger partial charge in [0.25, 0.3) is 0 Å². The van der Waals surface area contributed by atoms with Crippen molar-refractivity contribution in [2.24, 2.45) is 11.8 Å². The maximum absolute atomic E-state index is 12.2. The molecule has 1 aliphatic heterocycles. The smallest absolute Gasteiger partial charge is 0.238 e. The number of amides is 2. The first-order chi connectivity index (χ1) is 10.6. The van der Waals surface area contributed by atoms with E-state index in [-0.39, 0.29) is 11.8 Å². The van der Waals surface area contributed by atoms with E-state index in [0.717, 1.165) is 38.3 Å². The SMILES string of the molecule is CC1CC1C(=O)N1CCN(CC(=O)Nc2ccncc2)CC1. The van der Waals surface area contributed by atoms with Crippen LogP contribution in [0.25, 0.3) is 0 Å². The molecule has 2 aliphatic rings. The average molecular weight is 302 g/mol. The Morgan fingerprint density at radius 2 is 1.86 bits per heavy atom. The molecule has 0 bridgehead atoms. The highest BCUT2D eigenvalue weighted by atomic mass is 16.2. The predicted octanol–water partition coefficient (Wildman–Crippen LogP) is 0.820. The maximum Gasteiger partial charge on any atom is 0.238 e. The van der Waals surface area contributed by atoms with Crippen molar-refractivity contribution < 1.29 is 9.59 Å². The second-order valence-corrected chi connectivity index (χ2v) is 6.20. The van der Waals surface area contributed by atoms with Gasteiger partial charge in [-0.25, -0.2) is 0 Å². The lowest BCUT2D eigenvalue weighted by Crippen LogP contribution is -2.51. The molecule has 1 aromatic rings. The zero-order valence-corrected chi connectivity index (χ0v) is 12.9. The van der Waals surface area contributed by atoms with Gasteiger partial charge >= 0.3 is 0 Å². The highest BCUT2D eigenvalue weighted by Gasteiger charge is 2.41. The molecule has 1 N–H and O–H groups in total. The van der Waals surface area contributed by atoms with Crippen LogP contribution >= 0.6 is 0 Å². The van der Waals surface area contributed by atoms with Crippen LogP contribution in [-0.4, -0.2) is 59.3 Å². The molecule has 1 aromatic heterocycles. The Morgan fingerprint density at radius 1 is 1.23 bits per heavy atom. The van der Waals surface area contributed by atoms with Crippen LogP contribution in [0.5, 0.6) is 0 Å². The molecule has 6 nitrogen and oxygen atoms in total. The molecule has 6 heteroatoms. The number of piperazine rings is 1. The third-order valence-electron chi connectivity index (χ3n) is 4.44. The van der Waals surface area contributed by atoms with Gasteiger partial charge in [0, 0.05) is 50.2 Å². The van der Waals surface area contributed by atoms with Crippen molar-refractivity contribution in [3.8, 4) is 0 Å². The Labute approximate surface area is 130 Å². The lowest BCUT2D eigenvalue weighted by Gasteiger charge is -2.34. The topological polar surface area (TPSA) is 65.5 Å². The van der Waals surface area contributed by atoms with Crippen LogP contribution in [0.4, 0.5) is 5.69 Å². The van der Waals surface area contributed by atoms with Crippen LogP contribution < -0.4 is 5.32 Å². The Bertz CT molecular complexity index is 540. The molecule has 2 unspecified atom stereocenters. The summed E-state index contributed by atoms with van der Waals surface area (Å²) in [5.41, 5.74) is 0.761. The molecule has 2 heterocycles. The summed E-state index contributed by atoms with van der Waals surface area (Å²) in [6.07, 6.45) is 4.34. The predicted molar refractivity (Wildman–Crippen MR) is 83.2 cm³/mol. The molecule has 3 rings (SSSR count). The van der Waals surface area contributed by atoms with Crippen molar-refractivity contribution in [1.29, 1.82) is 0 Å². The van der Waals surface area contributed by atoms with Gasteiger partial charge in [0.1, 0.15) is 0 Å². The number of hydrogen-bond acceptors (Lipinski definition) is 4. The molecule has 2 amide bonds. The lowest BCUT2D eigenvalue weighted by molar-refractivity contribution is -0.134. The fraction of sp³-hybridized carbons (Fsp3) is 0.562. The number of nitrogens with zero attached hydrogens (tertiary/aromatic N) is 3. The minimum absolute atomic E-state index is 0.0261. The largest absolute Gasteiger partial charge is 0.340 e. The summed E-state index contributed by atoms with van der Waals surface area (Å²) in [5.74, 6) is 1.08. The van der Waals surface area contributed by atoms with Crippen LogP contribution in [0, 0.1) is 11.8 Å². The number of hydrogen-bond donors (Lipinski definition) is 1. The summed E-state index contributed by atoms with van der Waals surface area (Å²) in [6.45, 7) is 5.47. The van der Waals surface area contributed by atoms with E-state index in [0.29, 0.717) is 18.4 Å². The Morgan fingerprint density at radius 3 is 2.45 bits per heavy atom. The molecular weight excluding hydrogens is 280 g/mol. The van der Waals surface area contributed by atoms with Gasteiger partial charge in [-0.15, -0.1) is 0 Å². The Hall–Kier alpha value is -1.95. The van der Waals surface area contributed by atoms with Crippen molar-refractivity contribution in [1.82, 2.24) is 14.8 Å². The van der Waals surface area contributed by atoms with Crippen molar-refractivity contribution in [3.63, 3.8) is 0 Å². The first-order valence-corrected chi connectivity index (χ1v) is 7.84. The minimum Gasteiger partial charge on any atom is -0.340 e. The van der Waals surface area contributed by atoms with Gasteiger partial charge in [0.2, 0.25) is 11.8 Å². The van der Waals surface area contributed by atoms with E-state index in [2.05, 4.69) is 22.1 Å². The van der Waals surface area contributed by atoms with E-state index < -0.39 is 0 Å². The van der Waals surface area contributed by atoms with Gasteiger partial charge in [-0.1, -0.05) is 6.92 Å². The van der Waals surface area contributed by atoms with Gasteiger partial charge in [-0.2, -0.15) is 0 Å². The van der Waals surface area contributed by atoms with Gasteiger partial charge in [0.15, 0.2) is 0 Å². The Balaban J connectivity index is 1.42. The van der Waals surface area contributed by atoms with E-state index in [1.165, 1.54) is 0 Å². The molecule has 1 aliphatic carbocycles. The summed E-state index contributed by atoms with van der Waals surface area (Å²) >= 11 is 0. The third kappa shape index (κ3) is 3.62. The van der Waals surface area contributed by atoms with Gasteiger partial charge in [-0.3, -0.25) is 19.5 Å². The number of nitrogens with one attached hydrogen (secondary N) is 1. The van der Waals surface area contributed by atoms with Crippen LogP contribution in [-0.2, 0) is 9.59 Å². The maximum atomic E-state index is 12.2. The molecule has 0 aromatic carbocycles. The molecule has 22 heavy (non-hydrogen) atoms. The molecule has 1 saturated heterocycles. The zero-order valence-electron chi connectivity index (χ0n) is 12.9. The van der Waals surface area contributed by atoms with Crippen molar-refractivity contribution >= 4 is 17.5 Å². The molecular formula is C16H22N4O2. The average Bonchev–Trinajstić information content (AvgIpc) is 3.25. The quantitative estimate of drug-likeness (QED) is 0.894. The Kier molecular flexibility index (Phi) is 4.38. The van der Waals surface area contributed by atoms with E-state index in [4.69, 9.17) is 0 Å². The fourth-order valence-corrected chi connectivity index (χ4v) is 2.87. The summed E-state index contributed by atoms with van der Waals surface area (Å²) < 4.78 is 0. The first-order valence-electron chi connectivity index (χ1n) is 7.84. The number of pyridine rings is 1. The van der Waals surface area contributed by atoms with Gasteiger partial charge < -0.3 is 10.2 Å². The number of carbonyl (C=O) groups is 2. The van der Waals surface area contributed by atoms with Crippen LogP contribution in [0.1, 0.15) is 13.3 Å². The van der Waals surface area contributed by atoms with Crippen LogP contribution in [0.2, 0.25) is 0 Å². The van der Waals surface area contributed by atoms with E-state index in [9.17, 15) is 9.59 Å². The first kappa shape index (κ1) is 15.0. The molecule has 2 fully saturated rings. The van der Waals surface area contributed by atoms with Gasteiger partial charge in [0.05, 0.1) is 6.54 Å². The summed E-state index contributed by atoms with van der Waals surface area (Å²) in [5, 5.41) is 2.86. The zero-order chi connectivity index (χ0) is 15.5. The summed E-state index contributed by atoms with van der Waals surface area (Å²) in [6, 6.07) is 3.54. The van der Waals surface area contributed by atoms with E-state index in [1.54, 1.807) is 24.5 Å². The molecule has 0 spiro atoms. The number of rotatable bonds is 4. The normalized spacial score (nSPS) is 24.9. The van der Waals surface area contributed by atoms with Gasteiger partial charge in [-0.05, 0) is 24.5 Å². The van der Waals surface area contributed by atoms with Crippen molar-refractivity contribution in [2.45, 2.75) is 13.3 Å². The van der Waals surface area contributed by atoms with Crippen molar-refractivity contribution in [2.75, 3.05) is 38.0 Å². The summed E-state index contributed by atoms with van der Waals surface area (Å²) in [7, 11) is 0. The number of carbonyl (C=O) groups excluding carboxylic acids is 2. The monoisotopic (exact) mass is 302 g/mol.